The van der Waals surface area contributed by atoms with Gasteiger partial charge in [0.15, 0.2) is 6.10 Å². The number of benzene rings is 1. The molecule has 2 N–H and O–H groups in total. The number of hydrogen-bond acceptors (Lipinski definition) is 3. The molecule has 1 atom stereocenters. The van der Waals surface area contributed by atoms with Gasteiger partial charge in [0.05, 0.1) is 11.9 Å². The van der Waals surface area contributed by atoms with Gasteiger partial charge in [-0.25, -0.2) is 0 Å². The van der Waals surface area contributed by atoms with Gasteiger partial charge < -0.3 is 10.1 Å². The second kappa shape index (κ2) is 5.55. The summed E-state index contributed by atoms with van der Waals surface area (Å²) in [5.74, 6) is 0.348. The monoisotopic (exact) mass is 265 g/mol. The lowest BCUT2D eigenvalue weighted by Crippen LogP contribution is -2.29. The number of carbonyl (C=O) groups excluding carboxylic acids is 1. The lowest BCUT2D eigenvalue weighted by Gasteiger charge is -2.13. The fourth-order valence-corrected chi connectivity index (χ4v) is 1.46. The van der Waals surface area contributed by atoms with Crippen LogP contribution in [0.15, 0.2) is 36.7 Å². The van der Waals surface area contributed by atoms with E-state index in [4.69, 9.17) is 16.3 Å². The minimum atomic E-state index is -0.610. The number of nitrogens with one attached hydrogen (secondary N) is 2. The molecule has 5 nitrogen and oxygen atoms in total. The van der Waals surface area contributed by atoms with Crippen LogP contribution in [0.25, 0.3) is 0 Å². The number of ether oxygens (including phenoxy) is 1. The minimum absolute atomic E-state index is 0.244. The first-order valence-electron chi connectivity index (χ1n) is 5.37. The summed E-state index contributed by atoms with van der Waals surface area (Å²) < 4.78 is 5.48. The third-order valence-electron chi connectivity index (χ3n) is 2.26. The number of H-pyrrole nitrogens is 1. The van der Waals surface area contributed by atoms with Gasteiger partial charge in [0.2, 0.25) is 0 Å². The lowest BCUT2D eigenvalue weighted by atomic mass is 10.3. The molecule has 18 heavy (non-hydrogen) atoms. The number of anilines is 1. The van der Waals surface area contributed by atoms with Crippen LogP contribution < -0.4 is 10.1 Å². The molecule has 0 aliphatic rings. The van der Waals surface area contributed by atoms with Gasteiger partial charge in [-0.2, -0.15) is 5.10 Å². The summed E-state index contributed by atoms with van der Waals surface area (Å²) >= 11 is 5.76. The molecule has 94 valence electrons. The summed E-state index contributed by atoms with van der Waals surface area (Å²) in [6.45, 7) is 1.67. The number of nitrogens with zero attached hydrogens (tertiary/aromatic N) is 1. The Kier molecular flexibility index (Phi) is 3.84. The maximum absolute atomic E-state index is 11.8. The predicted octanol–water partition coefficient (Wildman–Crippen LogP) is 2.47. The molecule has 0 spiro atoms. The van der Waals surface area contributed by atoms with Gasteiger partial charge >= 0.3 is 0 Å². The van der Waals surface area contributed by atoms with Crippen molar-refractivity contribution in [2.75, 3.05) is 5.32 Å². The first kappa shape index (κ1) is 12.4. The highest BCUT2D eigenvalue weighted by atomic mass is 35.5. The molecule has 1 aromatic carbocycles. The fourth-order valence-electron chi connectivity index (χ4n) is 1.33. The van der Waals surface area contributed by atoms with Gasteiger partial charge in [0, 0.05) is 11.2 Å². The first-order valence-corrected chi connectivity index (χ1v) is 5.75. The topological polar surface area (TPSA) is 67.0 Å². The molecule has 0 saturated heterocycles. The van der Waals surface area contributed by atoms with Crippen LogP contribution in [0.4, 0.5) is 5.69 Å². The standard InChI is InChI=1S/C12H12ClN3O2/c1-8(12(17)16-10-6-14-15-7-10)18-11-4-2-9(13)3-5-11/h2-8H,1H3,(H,14,15)(H,16,17). The Labute approximate surface area is 109 Å². The molecule has 1 unspecified atom stereocenters. The molecule has 0 aliphatic heterocycles. The van der Waals surface area contributed by atoms with E-state index in [2.05, 4.69) is 15.5 Å². The molecule has 0 bridgehead atoms. The number of amides is 1. The maximum Gasteiger partial charge on any atom is 0.265 e. The second-order valence-corrected chi connectivity index (χ2v) is 4.13. The molecule has 0 aliphatic carbocycles. The second-order valence-electron chi connectivity index (χ2n) is 3.69. The van der Waals surface area contributed by atoms with Crippen molar-refractivity contribution in [3.05, 3.63) is 41.7 Å². The molecule has 0 radical (unpaired) electrons. The van der Waals surface area contributed by atoms with Crippen molar-refractivity contribution in [1.82, 2.24) is 10.2 Å². The molecule has 0 fully saturated rings. The third-order valence-corrected chi connectivity index (χ3v) is 2.51. The third kappa shape index (κ3) is 3.24. The number of carbonyl (C=O) groups is 1. The number of hydrogen-bond donors (Lipinski definition) is 2. The van der Waals surface area contributed by atoms with Crippen molar-refractivity contribution in [2.24, 2.45) is 0 Å². The predicted molar refractivity (Wildman–Crippen MR) is 68.8 cm³/mol. The van der Waals surface area contributed by atoms with E-state index in [1.54, 1.807) is 37.4 Å². The van der Waals surface area contributed by atoms with Gasteiger partial charge in [-0.3, -0.25) is 9.89 Å². The summed E-state index contributed by atoms with van der Waals surface area (Å²) in [5, 5.41) is 9.64. The van der Waals surface area contributed by atoms with E-state index in [0.29, 0.717) is 16.5 Å². The lowest BCUT2D eigenvalue weighted by molar-refractivity contribution is -0.122. The zero-order valence-electron chi connectivity index (χ0n) is 9.68. The van der Waals surface area contributed by atoms with E-state index >= 15 is 0 Å². The van der Waals surface area contributed by atoms with Gasteiger partial charge in [0.25, 0.3) is 5.91 Å². The van der Waals surface area contributed by atoms with Gasteiger partial charge in [-0.1, -0.05) is 11.6 Å². The maximum atomic E-state index is 11.8. The van der Waals surface area contributed by atoms with Crippen LogP contribution in [0.2, 0.25) is 5.02 Å². The molecule has 1 heterocycles. The Morgan fingerprint density at radius 3 is 2.78 bits per heavy atom. The average molecular weight is 266 g/mol. The van der Waals surface area contributed by atoms with E-state index in [9.17, 15) is 4.79 Å². The number of rotatable bonds is 4. The Morgan fingerprint density at radius 2 is 2.17 bits per heavy atom. The van der Waals surface area contributed by atoms with Crippen LogP contribution in [-0.2, 0) is 4.79 Å². The number of halogens is 1. The smallest absolute Gasteiger partial charge is 0.265 e. The van der Waals surface area contributed by atoms with E-state index in [1.165, 1.54) is 6.20 Å². The first-order chi connectivity index (χ1) is 8.65. The van der Waals surface area contributed by atoms with Crippen LogP contribution in [0.5, 0.6) is 5.75 Å². The molecule has 1 amide bonds. The summed E-state index contributed by atoms with van der Waals surface area (Å²) in [7, 11) is 0. The normalized spacial score (nSPS) is 11.9. The largest absolute Gasteiger partial charge is 0.481 e. The Balaban J connectivity index is 1.93. The van der Waals surface area contributed by atoms with E-state index < -0.39 is 6.10 Å². The van der Waals surface area contributed by atoms with Crippen molar-refractivity contribution in [2.45, 2.75) is 13.0 Å². The minimum Gasteiger partial charge on any atom is -0.481 e. The molecular formula is C12H12ClN3O2. The number of aromatic nitrogens is 2. The molecular weight excluding hydrogens is 254 g/mol. The molecule has 2 rings (SSSR count). The van der Waals surface area contributed by atoms with Crippen molar-refractivity contribution in [3.63, 3.8) is 0 Å². The van der Waals surface area contributed by atoms with Crippen LogP contribution in [0.3, 0.4) is 0 Å². The molecule has 0 saturated carbocycles. The van der Waals surface area contributed by atoms with E-state index in [-0.39, 0.29) is 5.91 Å². The highest BCUT2D eigenvalue weighted by Crippen LogP contribution is 2.17. The zero-order valence-corrected chi connectivity index (χ0v) is 10.4. The molecule has 2 aromatic rings. The Bertz CT molecular complexity index is 511. The van der Waals surface area contributed by atoms with Crippen molar-refractivity contribution >= 4 is 23.2 Å². The van der Waals surface area contributed by atoms with Crippen LogP contribution in [-0.4, -0.2) is 22.2 Å². The average Bonchev–Trinajstić information content (AvgIpc) is 2.85. The van der Waals surface area contributed by atoms with E-state index in [0.717, 1.165) is 0 Å². The summed E-state index contributed by atoms with van der Waals surface area (Å²) in [6, 6.07) is 6.84. The van der Waals surface area contributed by atoms with Crippen molar-refractivity contribution in [1.29, 1.82) is 0 Å². The summed E-state index contributed by atoms with van der Waals surface area (Å²) in [4.78, 5) is 11.8. The highest BCUT2D eigenvalue weighted by molar-refractivity contribution is 6.30. The van der Waals surface area contributed by atoms with Crippen LogP contribution in [0.1, 0.15) is 6.92 Å². The fraction of sp³-hybridized carbons (Fsp3) is 0.167. The van der Waals surface area contributed by atoms with Gasteiger partial charge in [-0.05, 0) is 31.2 Å². The van der Waals surface area contributed by atoms with Gasteiger partial charge in [0.1, 0.15) is 5.75 Å². The molecule has 6 heteroatoms. The Hall–Kier alpha value is -2.01. The highest BCUT2D eigenvalue weighted by Gasteiger charge is 2.15. The quantitative estimate of drug-likeness (QED) is 0.892. The molecule has 1 aromatic heterocycles. The van der Waals surface area contributed by atoms with Crippen molar-refractivity contribution < 1.29 is 9.53 Å². The SMILES string of the molecule is CC(Oc1ccc(Cl)cc1)C(=O)Nc1cn[nH]c1. The van der Waals surface area contributed by atoms with Crippen LogP contribution in [0, 0.1) is 0 Å². The zero-order chi connectivity index (χ0) is 13.0. The Morgan fingerprint density at radius 1 is 1.44 bits per heavy atom. The number of aromatic amines is 1. The van der Waals surface area contributed by atoms with Crippen LogP contribution >= 0.6 is 11.6 Å². The van der Waals surface area contributed by atoms with E-state index in [1.807, 2.05) is 0 Å². The summed E-state index contributed by atoms with van der Waals surface area (Å²) in [6.07, 6.45) is 2.50. The summed E-state index contributed by atoms with van der Waals surface area (Å²) in [5.41, 5.74) is 0.603. The van der Waals surface area contributed by atoms with Crippen molar-refractivity contribution in [3.8, 4) is 5.75 Å². The van der Waals surface area contributed by atoms with Gasteiger partial charge in [-0.15, -0.1) is 0 Å².